The Morgan fingerprint density at radius 3 is 2.55 bits per heavy atom. The van der Waals surface area contributed by atoms with Crippen LogP contribution < -0.4 is 10.8 Å². The third-order valence-corrected chi connectivity index (χ3v) is 7.68. The number of rotatable bonds is 5. The van der Waals surface area contributed by atoms with Crippen LogP contribution in [0.3, 0.4) is 0 Å². The van der Waals surface area contributed by atoms with Gasteiger partial charge in [0, 0.05) is 12.0 Å². The maximum atomic E-state index is 11.4. The van der Waals surface area contributed by atoms with Crippen LogP contribution in [0.4, 0.5) is 4.79 Å². The van der Waals surface area contributed by atoms with Gasteiger partial charge in [0.05, 0.1) is 19.1 Å². The molecule has 1 rings (SSSR count). The van der Waals surface area contributed by atoms with E-state index >= 15 is 0 Å². The Bertz CT molecular complexity index is 450. The van der Waals surface area contributed by atoms with Crippen molar-refractivity contribution in [3.05, 3.63) is 0 Å². The third kappa shape index (κ3) is 6.66. The van der Waals surface area contributed by atoms with Gasteiger partial charge in [0.15, 0.2) is 0 Å². The van der Waals surface area contributed by atoms with Crippen molar-refractivity contribution < 1.29 is 18.7 Å². The fraction of sp³-hybridized carbons (Fsp3) is 0.818. The number of carbonyl (C=O) groups is 1. The van der Waals surface area contributed by atoms with E-state index < -0.39 is 12.7 Å². The van der Waals surface area contributed by atoms with E-state index in [1.165, 1.54) is 11.9 Å². The van der Waals surface area contributed by atoms with Gasteiger partial charge in [0.1, 0.15) is 4.99 Å². The molecule has 1 aliphatic heterocycles. The fourth-order valence-electron chi connectivity index (χ4n) is 1.38. The zero-order valence-corrected chi connectivity index (χ0v) is 16.4. The zero-order chi connectivity index (χ0) is 16.8. The summed E-state index contributed by atoms with van der Waals surface area (Å²) in [6, 6.07) is 0. The van der Waals surface area contributed by atoms with Gasteiger partial charge in [-0.3, -0.25) is 0 Å². The quantitative estimate of drug-likeness (QED) is 0.244. The standard InChI is InChI=1S/C11H22N3O4PS3/c1-5-14(19(21)16-6-11(3,4)7-17-19)22-8-12-10(15)18-13-9(2)20/h5-8H2,1-4H3,(H,12,15)(H,13,20). The van der Waals surface area contributed by atoms with Crippen molar-refractivity contribution in [2.75, 3.05) is 25.6 Å². The Labute approximate surface area is 146 Å². The molecule has 0 atom stereocenters. The molecule has 0 aromatic rings. The molecule has 0 saturated carbocycles. The molecule has 0 spiro atoms. The molecule has 0 aromatic heterocycles. The van der Waals surface area contributed by atoms with Gasteiger partial charge in [-0.1, -0.05) is 33.0 Å². The summed E-state index contributed by atoms with van der Waals surface area (Å²) in [5, 5.41) is 2.57. The summed E-state index contributed by atoms with van der Waals surface area (Å²) in [4.78, 5) is 16.4. The van der Waals surface area contributed by atoms with Crippen LogP contribution >= 0.6 is 30.8 Å². The minimum Gasteiger partial charge on any atom is -0.324 e. The predicted molar refractivity (Wildman–Crippen MR) is 95.8 cm³/mol. The second-order valence-corrected chi connectivity index (χ2v) is 10.5. The molecule has 2 N–H and O–H groups in total. The minimum atomic E-state index is -2.49. The second kappa shape index (κ2) is 8.77. The molecule has 1 saturated heterocycles. The molecule has 0 unspecified atom stereocenters. The van der Waals surface area contributed by atoms with Crippen molar-refractivity contribution in [2.24, 2.45) is 5.41 Å². The topological polar surface area (TPSA) is 72.1 Å². The van der Waals surface area contributed by atoms with Gasteiger partial charge in [-0.25, -0.2) is 10.3 Å². The van der Waals surface area contributed by atoms with Crippen LogP contribution in [0.1, 0.15) is 27.7 Å². The number of nitrogens with one attached hydrogen (secondary N) is 2. The molecule has 1 heterocycles. The van der Waals surface area contributed by atoms with E-state index in [-0.39, 0.29) is 5.41 Å². The first-order chi connectivity index (χ1) is 10.2. The molecule has 1 fully saturated rings. The summed E-state index contributed by atoms with van der Waals surface area (Å²) < 4.78 is 13.5. The van der Waals surface area contributed by atoms with Gasteiger partial charge >= 0.3 is 6.09 Å². The van der Waals surface area contributed by atoms with Crippen LogP contribution in [0.25, 0.3) is 0 Å². The van der Waals surface area contributed by atoms with Crippen LogP contribution in [0.5, 0.6) is 0 Å². The maximum Gasteiger partial charge on any atom is 0.432 e. The van der Waals surface area contributed by atoms with Gasteiger partial charge in [-0.15, -0.1) is 0 Å². The number of hydrogen-bond donors (Lipinski definition) is 2. The highest BCUT2D eigenvalue weighted by Gasteiger charge is 2.37. The Hall–Kier alpha value is 0.0400. The summed E-state index contributed by atoms with van der Waals surface area (Å²) >= 11 is 11.6. The number of hydrogen-bond acceptors (Lipinski definition) is 7. The van der Waals surface area contributed by atoms with Crippen LogP contribution in [0.2, 0.25) is 0 Å². The van der Waals surface area contributed by atoms with Crippen molar-refractivity contribution in [3.8, 4) is 0 Å². The highest BCUT2D eigenvalue weighted by Crippen LogP contribution is 2.59. The van der Waals surface area contributed by atoms with Crippen molar-refractivity contribution in [1.29, 1.82) is 0 Å². The molecule has 0 radical (unpaired) electrons. The number of nitrogens with zero attached hydrogens (tertiary/aromatic N) is 1. The van der Waals surface area contributed by atoms with E-state index in [4.69, 9.17) is 33.1 Å². The van der Waals surface area contributed by atoms with E-state index in [0.717, 1.165) is 0 Å². The van der Waals surface area contributed by atoms with Gasteiger partial charge in [0.25, 0.3) is 6.64 Å². The van der Waals surface area contributed by atoms with Gasteiger partial charge < -0.3 is 19.2 Å². The molecule has 11 heteroatoms. The monoisotopic (exact) mass is 387 g/mol. The van der Waals surface area contributed by atoms with Crippen LogP contribution in [0, 0.1) is 5.41 Å². The van der Waals surface area contributed by atoms with Gasteiger partial charge in [-0.05, 0) is 30.7 Å². The lowest BCUT2D eigenvalue weighted by atomic mass is 9.97. The Morgan fingerprint density at radius 2 is 2.05 bits per heavy atom. The summed E-state index contributed by atoms with van der Waals surface area (Å²) in [5.74, 6) is 0.291. The lowest BCUT2D eigenvalue weighted by molar-refractivity contribution is 0.0509. The lowest BCUT2D eigenvalue weighted by Gasteiger charge is -2.40. The number of thiocarbonyl (C=S) groups is 1. The van der Waals surface area contributed by atoms with Crippen LogP contribution in [-0.2, 0) is 25.7 Å². The normalized spacial score (nSPS) is 19.5. The second-order valence-electron chi connectivity index (χ2n) is 5.35. The fourth-order valence-corrected chi connectivity index (χ4v) is 5.74. The van der Waals surface area contributed by atoms with Crippen LogP contribution in [0.15, 0.2) is 0 Å². The molecule has 0 bridgehead atoms. The minimum absolute atomic E-state index is 0.0291. The van der Waals surface area contributed by atoms with Crippen molar-refractivity contribution in [2.45, 2.75) is 27.7 Å². The largest absolute Gasteiger partial charge is 0.432 e. The molecule has 7 nitrogen and oxygen atoms in total. The average Bonchev–Trinajstić information content (AvgIpc) is 2.45. The molecule has 1 amide bonds. The number of hydroxylamine groups is 1. The summed E-state index contributed by atoms with van der Waals surface area (Å²) in [6.45, 7) is 6.99. The highest BCUT2D eigenvalue weighted by molar-refractivity contribution is 8.15. The van der Waals surface area contributed by atoms with E-state index in [9.17, 15) is 4.79 Å². The first-order valence-corrected chi connectivity index (χ1v) is 10.6. The average molecular weight is 387 g/mol. The van der Waals surface area contributed by atoms with E-state index in [1.807, 2.05) is 11.0 Å². The van der Waals surface area contributed by atoms with Crippen molar-refractivity contribution in [1.82, 2.24) is 14.9 Å². The first-order valence-electron chi connectivity index (χ1n) is 6.70. The maximum absolute atomic E-state index is 11.4. The van der Waals surface area contributed by atoms with Crippen LogP contribution in [-0.4, -0.2) is 40.8 Å². The smallest absolute Gasteiger partial charge is 0.324 e. The Kier molecular flexibility index (Phi) is 8.01. The molecule has 0 aliphatic carbocycles. The Morgan fingerprint density at radius 1 is 1.45 bits per heavy atom. The summed E-state index contributed by atoms with van der Waals surface area (Å²) in [6.07, 6.45) is -0.615. The summed E-state index contributed by atoms with van der Waals surface area (Å²) in [5.41, 5.74) is 2.28. The third-order valence-electron chi connectivity index (χ3n) is 2.50. The van der Waals surface area contributed by atoms with Gasteiger partial charge in [-0.2, -0.15) is 4.08 Å². The van der Waals surface area contributed by atoms with Gasteiger partial charge in [0.2, 0.25) is 0 Å². The van der Waals surface area contributed by atoms with E-state index in [0.29, 0.717) is 30.6 Å². The van der Waals surface area contributed by atoms with E-state index in [2.05, 4.69) is 29.5 Å². The SMILES string of the molecule is CCN(SCNC(=O)ONC(C)=S)P1(=S)OCC(C)(C)CO1. The number of carbonyl (C=O) groups excluding carboxylic acids is 1. The zero-order valence-electron chi connectivity index (χ0n) is 13.1. The molecular weight excluding hydrogens is 365 g/mol. The molecule has 128 valence electrons. The van der Waals surface area contributed by atoms with Crippen molar-refractivity contribution >= 4 is 53.7 Å². The van der Waals surface area contributed by atoms with Crippen molar-refractivity contribution in [3.63, 3.8) is 0 Å². The number of amides is 1. The molecule has 1 aliphatic rings. The molecule has 22 heavy (non-hydrogen) atoms. The highest BCUT2D eigenvalue weighted by atomic mass is 32.5. The predicted octanol–water partition coefficient (Wildman–Crippen LogP) is 2.79. The first kappa shape index (κ1) is 20.1. The van der Waals surface area contributed by atoms with E-state index in [1.54, 1.807) is 6.92 Å². The molecule has 0 aromatic carbocycles. The Balaban J connectivity index is 2.40. The summed E-state index contributed by atoms with van der Waals surface area (Å²) in [7, 11) is 0. The molecular formula is C11H22N3O4PS3. The lowest BCUT2D eigenvalue weighted by Crippen LogP contribution is -2.35.